The number of halogens is 1. The zero-order valence-electron chi connectivity index (χ0n) is 14.5. The molecule has 0 aromatic carbocycles. The van der Waals surface area contributed by atoms with Crippen molar-refractivity contribution in [2.24, 2.45) is 11.8 Å². The highest BCUT2D eigenvalue weighted by Crippen LogP contribution is 2.39. The van der Waals surface area contributed by atoms with Crippen LogP contribution < -0.4 is 5.32 Å². The Morgan fingerprint density at radius 2 is 1.60 bits per heavy atom. The Hall–Kier alpha value is -1.59. The number of hydrogen-bond donors (Lipinski definition) is 1. The van der Waals surface area contributed by atoms with E-state index in [2.05, 4.69) is 25.3 Å². The molecule has 2 aliphatic carbocycles. The van der Waals surface area contributed by atoms with Crippen LogP contribution in [0.5, 0.6) is 0 Å². The van der Waals surface area contributed by atoms with E-state index in [0.717, 1.165) is 23.4 Å². The van der Waals surface area contributed by atoms with Crippen molar-refractivity contribution in [1.82, 2.24) is 25.3 Å². The van der Waals surface area contributed by atoms with Crippen molar-refractivity contribution in [3.63, 3.8) is 0 Å². The van der Waals surface area contributed by atoms with Crippen molar-refractivity contribution in [2.75, 3.05) is 13.1 Å². The molecule has 5 nitrogen and oxygen atoms in total. The van der Waals surface area contributed by atoms with Crippen molar-refractivity contribution in [3.05, 3.63) is 48.0 Å². The minimum Gasteiger partial charge on any atom is -0.316 e. The lowest BCUT2D eigenvalue weighted by molar-refractivity contribution is 0.341. The minimum atomic E-state index is 0.433. The zero-order chi connectivity index (χ0) is 17.3. The topological polar surface area (TPSA) is 63.6 Å². The second-order valence-corrected chi connectivity index (χ2v) is 7.26. The van der Waals surface area contributed by atoms with Gasteiger partial charge in [0.1, 0.15) is 5.15 Å². The van der Waals surface area contributed by atoms with Gasteiger partial charge < -0.3 is 5.32 Å². The summed E-state index contributed by atoms with van der Waals surface area (Å²) < 4.78 is 0. The van der Waals surface area contributed by atoms with Crippen LogP contribution in [0.3, 0.4) is 0 Å². The molecule has 2 aromatic heterocycles. The third-order valence-electron chi connectivity index (χ3n) is 4.73. The Morgan fingerprint density at radius 3 is 2.04 bits per heavy atom. The van der Waals surface area contributed by atoms with Crippen LogP contribution in [0.2, 0.25) is 5.15 Å². The molecule has 5 rings (SSSR count). The number of aromatic nitrogens is 4. The molecule has 1 aliphatic heterocycles. The van der Waals surface area contributed by atoms with Gasteiger partial charge in [0.25, 0.3) is 0 Å². The second-order valence-electron chi connectivity index (χ2n) is 6.88. The normalized spacial score (nSPS) is 22.0. The van der Waals surface area contributed by atoms with Crippen LogP contribution in [-0.4, -0.2) is 33.0 Å². The van der Waals surface area contributed by atoms with Crippen LogP contribution in [0.1, 0.15) is 50.1 Å². The number of nitrogens with zero attached hydrogens (tertiary/aromatic N) is 4. The molecule has 1 saturated heterocycles. The fourth-order valence-corrected chi connectivity index (χ4v) is 3.14. The molecule has 6 heteroatoms. The molecular formula is C19H26ClN5. The number of nitrogens with one attached hydrogen (secondary N) is 1. The van der Waals surface area contributed by atoms with E-state index in [1.54, 1.807) is 24.8 Å². The predicted molar refractivity (Wildman–Crippen MR) is 99.4 cm³/mol. The first-order valence-corrected chi connectivity index (χ1v) is 9.59. The predicted octanol–water partition coefficient (Wildman–Crippen LogP) is 3.88. The Labute approximate surface area is 154 Å². The molecule has 3 fully saturated rings. The highest BCUT2D eigenvalue weighted by molar-refractivity contribution is 6.29. The molecule has 0 spiro atoms. The van der Waals surface area contributed by atoms with Crippen LogP contribution in [0.15, 0.2) is 37.2 Å². The molecule has 3 aliphatic rings. The molecule has 134 valence electrons. The summed E-state index contributed by atoms with van der Waals surface area (Å²) in [6, 6.07) is 0. The summed E-state index contributed by atoms with van der Waals surface area (Å²) in [4.78, 5) is 15.5. The summed E-state index contributed by atoms with van der Waals surface area (Å²) in [5, 5.41) is 3.89. The summed E-state index contributed by atoms with van der Waals surface area (Å²) in [6.45, 7) is 2.58. The maximum Gasteiger partial charge on any atom is 0.147 e. The highest BCUT2D eigenvalue weighted by Gasteiger charge is 2.31. The van der Waals surface area contributed by atoms with Crippen LogP contribution in [0.25, 0.3) is 0 Å². The van der Waals surface area contributed by atoms with Crippen LogP contribution in [0, 0.1) is 11.8 Å². The number of piperidine rings is 1. The molecule has 2 saturated carbocycles. The van der Waals surface area contributed by atoms with Gasteiger partial charge in [-0.05, 0) is 63.5 Å². The maximum absolute atomic E-state index is 5.37. The standard InChI is InChI=1S/C8H15N.C7H8N2.C4H3ClN2/c1-2-8(6-9-5-1)7-3-4-7;1-2-6(1)7-5-8-3-4-9-7;5-4-3-6-1-2-7-4/h7-9H,1-6H2;3-6H,1-2H2;1-3H. The van der Waals surface area contributed by atoms with E-state index in [1.807, 2.05) is 6.20 Å². The average Bonchev–Trinajstić information content (AvgIpc) is 3.58. The van der Waals surface area contributed by atoms with Gasteiger partial charge in [0.2, 0.25) is 0 Å². The smallest absolute Gasteiger partial charge is 0.147 e. The molecule has 2 aromatic rings. The highest BCUT2D eigenvalue weighted by atomic mass is 35.5. The van der Waals surface area contributed by atoms with Gasteiger partial charge in [-0.1, -0.05) is 11.6 Å². The first-order chi connectivity index (χ1) is 12.3. The van der Waals surface area contributed by atoms with E-state index in [4.69, 9.17) is 11.6 Å². The Morgan fingerprint density at radius 1 is 0.840 bits per heavy atom. The van der Waals surface area contributed by atoms with Crippen molar-refractivity contribution in [1.29, 1.82) is 0 Å². The van der Waals surface area contributed by atoms with Gasteiger partial charge in [0.15, 0.2) is 0 Å². The Kier molecular flexibility index (Phi) is 7.12. The largest absolute Gasteiger partial charge is 0.316 e. The van der Waals surface area contributed by atoms with E-state index in [-0.39, 0.29) is 0 Å². The summed E-state index contributed by atoms with van der Waals surface area (Å²) in [5.41, 5.74) is 1.16. The van der Waals surface area contributed by atoms with E-state index in [1.165, 1.54) is 57.8 Å². The van der Waals surface area contributed by atoms with Crippen LogP contribution >= 0.6 is 11.6 Å². The molecule has 0 bridgehead atoms. The second kappa shape index (κ2) is 9.78. The third-order valence-corrected chi connectivity index (χ3v) is 4.93. The van der Waals surface area contributed by atoms with E-state index in [0.29, 0.717) is 5.15 Å². The van der Waals surface area contributed by atoms with E-state index < -0.39 is 0 Å². The molecule has 3 heterocycles. The lowest BCUT2D eigenvalue weighted by Gasteiger charge is -2.21. The summed E-state index contributed by atoms with van der Waals surface area (Å²) in [7, 11) is 0. The number of hydrogen-bond acceptors (Lipinski definition) is 5. The minimum absolute atomic E-state index is 0.433. The third kappa shape index (κ3) is 7.04. The Balaban J connectivity index is 0.000000111. The SMILES string of the molecule is C1CNCC(C2CC2)C1.Clc1cnccn1.c1cnc(C2CC2)cn1. The molecule has 1 N–H and O–H groups in total. The molecule has 25 heavy (non-hydrogen) atoms. The summed E-state index contributed by atoms with van der Waals surface area (Å²) in [6.07, 6.45) is 18.5. The molecule has 1 unspecified atom stereocenters. The van der Waals surface area contributed by atoms with Crippen LogP contribution in [-0.2, 0) is 0 Å². The quantitative estimate of drug-likeness (QED) is 0.881. The van der Waals surface area contributed by atoms with E-state index >= 15 is 0 Å². The van der Waals surface area contributed by atoms with Gasteiger partial charge in [0.05, 0.1) is 11.9 Å². The van der Waals surface area contributed by atoms with Gasteiger partial charge in [-0.25, -0.2) is 4.98 Å². The maximum atomic E-state index is 5.37. The Bertz CT molecular complexity index is 596. The van der Waals surface area contributed by atoms with Crippen molar-refractivity contribution in [2.45, 2.75) is 44.4 Å². The van der Waals surface area contributed by atoms with Gasteiger partial charge in [-0.15, -0.1) is 0 Å². The van der Waals surface area contributed by atoms with Crippen molar-refractivity contribution in [3.8, 4) is 0 Å². The molecule has 1 atom stereocenters. The summed E-state index contributed by atoms with van der Waals surface area (Å²) >= 11 is 5.37. The van der Waals surface area contributed by atoms with Gasteiger partial charge >= 0.3 is 0 Å². The lowest BCUT2D eigenvalue weighted by atomic mass is 9.95. The molecular weight excluding hydrogens is 334 g/mol. The molecule has 0 radical (unpaired) electrons. The average molecular weight is 360 g/mol. The zero-order valence-corrected chi connectivity index (χ0v) is 15.3. The molecule has 0 amide bonds. The van der Waals surface area contributed by atoms with Gasteiger partial charge in [-0.3, -0.25) is 15.0 Å². The number of rotatable bonds is 2. The van der Waals surface area contributed by atoms with Gasteiger partial charge in [0, 0.05) is 36.9 Å². The summed E-state index contributed by atoms with van der Waals surface area (Å²) in [5.74, 6) is 2.91. The fourth-order valence-electron chi connectivity index (χ4n) is 3.03. The monoisotopic (exact) mass is 359 g/mol. The first kappa shape index (κ1) is 18.2. The lowest BCUT2D eigenvalue weighted by Crippen LogP contribution is -2.30. The fraction of sp³-hybridized carbons (Fsp3) is 0.579. The van der Waals surface area contributed by atoms with Crippen LogP contribution in [0.4, 0.5) is 0 Å². The van der Waals surface area contributed by atoms with Crippen molar-refractivity contribution >= 4 is 11.6 Å². The van der Waals surface area contributed by atoms with E-state index in [9.17, 15) is 0 Å². The van der Waals surface area contributed by atoms with Crippen molar-refractivity contribution < 1.29 is 0 Å². The first-order valence-electron chi connectivity index (χ1n) is 9.21. The van der Waals surface area contributed by atoms with Gasteiger partial charge in [-0.2, -0.15) is 0 Å².